The molecular formula is C11H8. The van der Waals surface area contributed by atoms with E-state index < -0.39 is 0 Å². The lowest BCUT2D eigenvalue weighted by atomic mass is 10.1. The van der Waals surface area contributed by atoms with Crippen molar-refractivity contribution in [1.29, 1.82) is 0 Å². The van der Waals surface area contributed by atoms with Crippen molar-refractivity contribution in [3.05, 3.63) is 56.0 Å². The summed E-state index contributed by atoms with van der Waals surface area (Å²) < 4.78 is 0. The van der Waals surface area contributed by atoms with Gasteiger partial charge >= 0.3 is 0 Å². The molecule has 0 aromatic heterocycles. The van der Waals surface area contributed by atoms with Gasteiger partial charge in [0.1, 0.15) is 0 Å². The fraction of sp³-hybridized carbons (Fsp3) is 0. The number of hydrogen-bond acceptors (Lipinski definition) is 0. The maximum atomic E-state index is 2.12. The van der Waals surface area contributed by atoms with Crippen LogP contribution in [-0.2, 0) is 0 Å². The first-order valence-corrected chi connectivity index (χ1v) is 3.40. The monoisotopic (exact) mass is 140 g/mol. The Bertz CT molecular complexity index is 271. The van der Waals surface area contributed by atoms with Gasteiger partial charge in [-0.15, -0.1) is 0 Å². The zero-order valence-corrected chi connectivity index (χ0v) is 6.12. The number of benzene rings is 2. The van der Waals surface area contributed by atoms with Crippen molar-refractivity contribution in [3.63, 3.8) is 0 Å². The fourth-order valence-corrected chi connectivity index (χ4v) is 1.13. The van der Waals surface area contributed by atoms with Gasteiger partial charge in [0.2, 0.25) is 0 Å². The summed E-state index contributed by atoms with van der Waals surface area (Å²) in [4.78, 5) is 0. The summed E-state index contributed by atoms with van der Waals surface area (Å²) in [7, 11) is 0. The van der Waals surface area contributed by atoms with Gasteiger partial charge in [0.25, 0.3) is 0 Å². The van der Waals surface area contributed by atoms with Gasteiger partial charge in [-0.1, -0.05) is 48.5 Å². The first-order chi connectivity index (χ1) is 4.97. The Morgan fingerprint density at radius 2 is 0.818 bits per heavy atom. The van der Waals surface area contributed by atoms with E-state index in [1.54, 1.807) is 0 Å². The fourth-order valence-electron chi connectivity index (χ4n) is 1.13. The third-order valence-electron chi connectivity index (χ3n) is 1.66. The summed E-state index contributed by atoms with van der Waals surface area (Å²) in [6, 6.07) is 16.7. The molecule has 0 aliphatic rings. The molecule has 2 aromatic carbocycles. The second-order valence-corrected chi connectivity index (χ2v) is 2.35. The molecule has 0 atom stereocenters. The molecule has 0 fully saturated rings. The third kappa shape index (κ3) is 1.40. The molecule has 0 unspecified atom stereocenters. The molecule has 0 aliphatic heterocycles. The molecule has 0 saturated carbocycles. The van der Waals surface area contributed by atoms with Crippen LogP contribution < -0.4 is 0 Å². The van der Waals surface area contributed by atoms with E-state index in [-0.39, 0.29) is 7.43 Å². The van der Waals surface area contributed by atoms with Gasteiger partial charge in [-0.2, -0.15) is 0 Å². The van der Waals surface area contributed by atoms with Crippen molar-refractivity contribution in [2.24, 2.45) is 0 Å². The second kappa shape index (κ2) is 3.20. The Labute approximate surface area is 67.5 Å². The Morgan fingerprint density at radius 3 is 1.09 bits per heavy atom. The average molecular weight is 140 g/mol. The van der Waals surface area contributed by atoms with Gasteiger partial charge in [-0.05, 0) is 10.8 Å². The van der Waals surface area contributed by atoms with Crippen molar-refractivity contribution in [2.75, 3.05) is 0 Å². The minimum Gasteiger partial charge on any atom is -0.0616 e. The standard InChI is InChI=1S/C10H8.C/c1-2-6-10-8-4-3-7-9(10)5-1;/h1-8H;. The molecule has 0 bridgehead atoms. The van der Waals surface area contributed by atoms with E-state index in [4.69, 9.17) is 0 Å². The molecule has 0 aliphatic carbocycles. The van der Waals surface area contributed by atoms with Gasteiger partial charge in [0.15, 0.2) is 0 Å². The Kier molecular flexibility index (Phi) is 2.27. The van der Waals surface area contributed by atoms with Crippen molar-refractivity contribution >= 4 is 10.8 Å². The molecule has 0 N–H and O–H groups in total. The summed E-state index contributed by atoms with van der Waals surface area (Å²) in [6.07, 6.45) is 0. The molecule has 0 saturated heterocycles. The topological polar surface area (TPSA) is 0 Å². The summed E-state index contributed by atoms with van der Waals surface area (Å²) >= 11 is 0. The molecule has 52 valence electrons. The number of fused-ring (bicyclic) bond motifs is 1. The lowest BCUT2D eigenvalue weighted by Crippen LogP contribution is -1.67. The quantitative estimate of drug-likeness (QED) is 0.527. The highest BCUT2D eigenvalue weighted by molar-refractivity contribution is 5.81. The third-order valence-corrected chi connectivity index (χ3v) is 1.66. The van der Waals surface area contributed by atoms with Crippen molar-refractivity contribution < 1.29 is 0 Å². The van der Waals surface area contributed by atoms with E-state index in [0.717, 1.165) is 0 Å². The van der Waals surface area contributed by atoms with Crippen LogP contribution in [0.2, 0.25) is 0 Å². The molecule has 0 spiro atoms. The van der Waals surface area contributed by atoms with Crippen LogP contribution in [-0.4, -0.2) is 0 Å². The number of hydrogen-bond donors (Lipinski definition) is 0. The van der Waals surface area contributed by atoms with Crippen LogP contribution in [0.1, 0.15) is 0 Å². The first-order valence-electron chi connectivity index (χ1n) is 3.40. The normalized spacial score (nSPS) is 9.09. The largest absolute Gasteiger partial charge is 0.0616 e. The highest BCUT2D eigenvalue weighted by atomic mass is 13.9. The van der Waals surface area contributed by atoms with Crippen molar-refractivity contribution in [1.82, 2.24) is 0 Å². The molecule has 0 amide bonds. The Hall–Kier alpha value is -1.30. The summed E-state index contributed by atoms with van der Waals surface area (Å²) in [6.45, 7) is 0. The maximum absolute atomic E-state index is 2.12. The van der Waals surface area contributed by atoms with Crippen LogP contribution in [0.4, 0.5) is 0 Å². The lowest BCUT2D eigenvalue weighted by molar-refractivity contribution is 1.75. The van der Waals surface area contributed by atoms with Gasteiger partial charge < -0.3 is 0 Å². The van der Waals surface area contributed by atoms with Crippen LogP contribution in [0.25, 0.3) is 10.8 Å². The van der Waals surface area contributed by atoms with Gasteiger partial charge in [0, 0.05) is 7.43 Å². The predicted octanol–water partition coefficient (Wildman–Crippen LogP) is 2.92. The molecule has 2 rings (SSSR count). The van der Waals surface area contributed by atoms with Crippen LogP contribution in [0.5, 0.6) is 0 Å². The van der Waals surface area contributed by atoms with Crippen LogP contribution in [0.15, 0.2) is 48.5 Å². The molecular weight excluding hydrogens is 132 g/mol. The Balaban J connectivity index is 0.000000605. The van der Waals surface area contributed by atoms with E-state index in [9.17, 15) is 0 Å². The predicted molar refractivity (Wildman–Crippen MR) is 47.2 cm³/mol. The lowest BCUT2D eigenvalue weighted by Gasteiger charge is -1.92. The molecule has 0 nitrogen and oxygen atoms in total. The van der Waals surface area contributed by atoms with E-state index in [1.807, 2.05) is 0 Å². The van der Waals surface area contributed by atoms with E-state index in [1.165, 1.54) is 10.8 Å². The smallest absolute Gasteiger partial charge is 0 e. The Morgan fingerprint density at radius 1 is 0.545 bits per heavy atom. The second-order valence-electron chi connectivity index (χ2n) is 2.35. The van der Waals surface area contributed by atoms with E-state index in [2.05, 4.69) is 48.5 Å². The molecule has 11 heavy (non-hydrogen) atoms. The van der Waals surface area contributed by atoms with E-state index >= 15 is 0 Å². The van der Waals surface area contributed by atoms with Crippen molar-refractivity contribution in [3.8, 4) is 0 Å². The maximum Gasteiger partial charge on any atom is 0 e. The summed E-state index contributed by atoms with van der Waals surface area (Å²) in [5.74, 6) is 0. The highest BCUT2D eigenvalue weighted by Gasteiger charge is 1.85. The highest BCUT2D eigenvalue weighted by Crippen LogP contribution is 2.11. The first kappa shape index (κ1) is 7.80. The van der Waals surface area contributed by atoms with Gasteiger partial charge in [-0.25, -0.2) is 0 Å². The molecule has 0 heterocycles. The molecule has 2 aromatic rings. The zero-order chi connectivity index (χ0) is 6.81. The number of rotatable bonds is 0. The molecule has 0 heteroatoms. The minimum atomic E-state index is 0. The van der Waals surface area contributed by atoms with Crippen molar-refractivity contribution in [2.45, 2.75) is 0 Å². The van der Waals surface area contributed by atoms with Gasteiger partial charge in [0.05, 0.1) is 0 Å². The SMILES string of the molecule is [C].c1ccc2ccccc2c1. The van der Waals surface area contributed by atoms with E-state index in [0.29, 0.717) is 0 Å². The molecule has 4 radical (unpaired) electrons. The van der Waals surface area contributed by atoms with Gasteiger partial charge in [-0.3, -0.25) is 0 Å². The average Bonchev–Trinajstić information content (AvgIpc) is 2.05. The summed E-state index contributed by atoms with van der Waals surface area (Å²) in [5, 5.41) is 2.62. The minimum absolute atomic E-state index is 0. The van der Waals surface area contributed by atoms with Crippen LogP contribution in [0.3, 0.4) is 0 Å². The van der Waals surface area contributed by atoms with Crippen LogP contribution >= 0.6 is 0 Å². The van der Waals surface area contributed by atoms with Crippen LogP contribution in [0, 0.1) is 7.43 Å². The summed E-state index contributed by atoms with van der Waals surface area (Å²) in [5.41, 5.74) is 0. The zero-order valence-electron chi connectivity index (χ0n) is 6.12.